The fourth-order valence-corrected chi connectivity index (χ4v) is 5.24. The van der Waals surface area contributed by atoms with Crippen molar-refractivity contribution in [2.75, 3.05) is 27.8 Å². The average molecular weight is 503 g/mol. The fourth-order valence-electron chi connectivity index (χ4n) is 3.51. The number of hydrogen-bond acceptors (Lipinski definition) is 8. The number of primary sulfonamides is 1. The van der Waals surface area contributed by atoms with Gasteiger partial charge in [0.15, 0.2) is 11.6 Å². The van der Waals surface area contributed by atoms with E-state index in [9.17, 15) is 17.6 Å². The van der Waals surface area contributed by atoms with Crippen LogP contribution in [0.25, 0.3) is 0 Å². The number of carbonyl (C=O) groups excluding carboxylic acids is 1. The van der Waals surface area contributed by atoms with Crippen LogP contribution in [0.2, 0.25) is 0 Å². The largest absolute Gasteiger partial charge is 0.338 e. The van der Waals surface area contributed by atoms with Gasteiger partial charge in [0.25, 0.3) is 0 Å². The molecule has 0 fully saturated rings. The molecule has 0 atom stereocenters. The van der Waals surface area contributed by atoms with Gasteiger partial charge in [-0.15, -0.1) is 11.8 Å². The molecule has 1 aliphatic heterocycles. The predicted molar refractivity (Wildman–Crippen MR) is 131 cm³/mol. The highest BCUT2D eigenvalue weighted by Crippen LogP contribution is 2.38. The maximum absolute atomic E-state index is 14.5. The van der Waals surface area contributed by atoms with Crippen molar-refractivity contribution in [1.29, 1.82) is 0 Å². The summed E-state index contributed by atoms with van der Waals surface area (Å²) in [5, 5.41) is 11.1. The molecule has 0 aliphatic carbocycles. The zero-order valence-electron chi connectivity index (χ0n) is 18.5. The summed E-state index contributed by atoms with van der Waals surface area (Å²) in [7, 11) is -3.91. The SMILES string of the molecule is CCCN1C(=O)CSc2ccc(Nc3nc(Nc4ccc(C)c(S(N)(=O)=O)c4)ncc3F)cc21. The minimum absolute atomic E-state index is 0.0314. The van der Waals surface area contributed by atoms with Gasteiger partial charge >= 0.3 is 0 Å². The van der Waals surface area contributed by atoms with E-state index in [-0.39, 0.29) is 22.6 Å². The number of sulfonamides is 1. The predicted octanol–water partition coefficient (Wildman–Crippen LogP) is 3.91. The molecule has 0 radical (unpaired) electrons. The van der Waals surface area contributed by atoms with Crippen molar-refractivity contribution >= 4 is 56.5 Å². The van der Waals surface area contributed by atoms with Gasteiger partial charge in [-0.25, -0.2) is 22.9 Å². The number of thioether (sulfide) groups is 1. The number of nitrogens with two attached hydrogens (primary N) is 1. The highest BCUT2D eigenvalue weighted by molar-refractivity contribution is 8.00. The van der Waals surface area contributed by atoms with E-state index in [1.807, 2.05) is 13.0 Å². The Morgan fingerprint density at radius 2 is 1.91 bits per heavy atom. The maximum atomic E-state index is 14.5. The lowest BCUT2D eigenvalue weighted by Crippen LogP contribution is -2.35. The summed E-state index contributed by atoms with van der Waals surface area (Å²) in [4.78, 5) is 23.1. The Bertz CT molecular complexity index is 1370. The van der Waals surface area contributed by atoms with Crippen LogP contribution in [-0.2, 0) is 14.8 Å². The van der Waals surface area contributed by atoms with Crippen LogP contribution in [0.3, 0.4) is 0 Å². The van der Waals surface area contributed by atoms with Gasteiger partial charge in [-0.2, -0.15) is 4.98 Å². The fraction of sp³-hybridized carbons (Fsp3) is 0.227. The van der Waals surface area contributed by atoms with Crippen molar-refractivity contribution in [2.45, 2.75) is 30.1 Å². The van der Waals surface area contributed by atoms with E-state index in [1.54, 1.807) is 36.1 Å². The lowest BCUT2D eigenvalue weighted by Gasteiger charge is -2.29. The minimum atomic E-state index is -3.91. The molecular weight excluding hydrogens is 479 g/mol. The Hall–Kier alpha value is -3.22. The van der Waals surface area contributed by atoms with Crippen LogP contribution >= 0.6 is 11.8 Å². The molecule has 2 aromatic carbocycles. The zero-order chi connectivity index (χ0) is 24.5. The van der Waals surface area contributed by atoms with Gasteiger partial charge in [-0.1, -0.05) is 13.0 Å². The lowest BCUT2D eigenvalue weighted by molar-refractivity contribution is -0.116. The quantitative estimate of drug-likeness (QED) is 0.443. The van der Waals surface area contributed by atoms with Crippen molar-refractivity contribution < 1.29 is 17.6 Å². The Morgan fingerprint density at radius 1 is 1.18 bits per heavy atom. The zero-order valence-corrected chi connectivity index (χ0v) is 20.1. The smallest absolute Gasteiger partial charge is 0.238 e. The number of fused-ring (bicyclic) bond motifs is 1. The third kappa shape index (κ3) is 5.13. The number of aromatic nitrogens is 2. The second kappa shape index (κ2) is 9.57. The standard InChI is InChI=1S/C22H23FN6O3S2/c1-3-8-29-17-9-14(6-7-18(17)33-12-20(29)30)26-21-16(23)11-25-22(28-21)27-15-5-4-13(2)19(10-15)34(24,31)32/h4-7,9-11H,3,8,12H2,1-2H3,(H2,24,31,32)(H2,25,26,27,28). The summed E-state index contributed by atoms with van der Waals surface area (Å²) in [6.07, 6.45) is 1.82. The molecule has 4 N–H and O–H groups in total. The summed E-state index contributed by atoms with van der Waals surface area (Å²) in [5.41, 5.74) is 2.21. The number of nitrogens with one attached hydrogen (secondary N) is 2. The molecule has 0 spiro atoms. The Labute approximate surface area is 201 Å². The third-order valence-corrected chi connectivity index (χ3v) is 7.21. The van der Waals surface area contributed by atoms with Gasteiger partial charge in [0.2, 0.25) is 21.9 Å². The molecule has 2 heterocycles. The van der Waals surface area contributed by atoms with E-state index in [4.69, 9.17) is 5.14 Å². The minimum Gasteiger partial charge on any atom is -0.338 e. The number of halogens is 1. The number of carbonyl (C=O) groups is 1. The van der Waals surface area contributed by atoms with Crippen molar-refractivity contribution in [3.8, 4) is 0 Å². The monoisotopic (exact) mass is 502 g/mol. The first-order valence-electron chi connectivity index (χ1n) is 10.4. The second-order valence-corrected chi connectivity index (χ2v) is 10.2. The molecule has 0 unspecified atom stereocenters. The number of benzene rings is 2. The van der Waals surface area contributed by atoms with Crippen LogP contribution in [0.5, 0.6) is 0 Å². The van der Waals surface area contributed by atoms with Crippen LogP contribution in [0.4, 0.5) is 33.2 Å². The number of hydrogen-bond donors (Lipinski definition) is 3. The van der Waals surface area contributed by atoms with E-state index in [2.05, 4.69) is 20.6 Å². The number of aryl methyl sites for hydroxylation is 1. The highest BCUT2D eigenvalue weighted by atomic mass is 32.2. The third-order valence-electron chi connectivity index (χ3n) is 5.11. The number of rotatable bonds is 7. The van der Waals surface area contributed by atoms with Crippen molar-refractivity contribution in [2.24, 2.45) is 5.14 Å². The molecule has 1 amide bonds. The van der Waals surface area contributed by atoms with Gasteiger partial charge in [0.1, 0.15) is 0 Å². The second-order valence-electron chi connectivity index (χ2n) is 7.68. The first-order chi connectivity index (χ1) is 16.2. The van der Waals surface area contributed by atoms with Crippen molar-refractivity contribution in [1.82, 2.24) is 9.97 Å². The maximum Gasteiger partial charge on any atom is 0.238 e. The van der Waals surface area contributed by atoms with E-state index < -0.39 is 15.8 Å². The first kappa shape index (κ1) is 23.9. The molecule has 0 saturated heterocycles. The average Bonchev–Trinajstić information content (AvgIpc) is 2.78. The summed E-state index contributed by atoms with van der Waals surface area (Å²) >= 11 is 1.47. The summed E-state index contributed by atoms with van der Waals surface area (Å²) in [5.74, 6) is -0.263. The van der Waals surface area contributed by atoms with Gasteiger partial charge < -0.3 is 15.5 Å². The molecular formula is C22H23FN6O3S2. The molecule has 178 valence electrons. The van der Waals surface area contributed by atoms with E-state index in [1.165, 1.54) is 17.8 Å². The van der Waals surface area contributed by atoms with Crippen LogP contribution in [0, 0.1) is 12.7 Å². The number of amides is 1. The summed E-state index contributed by atoms with van der Waals surface area (Å²) in [6, 6.07) is 10.1. The summed E-state index contributed by atoms with van der Waals surface area (Å²) < 4.78 is 38.0. The van der Waals surface area contributed by atoms with Gasteiger partial charge in [0.05, 0.1) is 22.5 Å². The Kier molecular flexibility index (Phi) is 6.73. The van der Waals surface area contributed by atoms with E-state index in [0.717, 1.165) is 23.2 Å². The Morgan fingerprint density at radius 3 is 2.65 bits per heavy atom. The molecule has 12 heteroatoms. The Balaban J connectivity index is 1.60. The number of nitrogens with zero attached hydrogens (tertiary/aromatic N) is 3. The van der Waals surface area contributed by atoms with Crippen molar-refractivity contribution in [3.05, 3.63) is 54.0 Å². The van der Waals surface area contributed by atoms with Gasteiger partial charge in [0, 0.05) is 22.8 Å². The first-order valence-corrected chi connectivity index (χ1v) is 13.0. The molecule has 0 bridgehead atoms. The van der Waals surface area contributed by atoms with Crippen molar-refractivity contribution in [3.63, 3.8) is 0 Å². The molecule has 34 heavy (non-hydrogen) atoms. The molecule has 1 aromatic heterocycles. The molecule has 1 aliphatic rings. The van der Waals surface area contributed by atoms with Gasteiger partial charge in [-0.05, 0) is 49.2 Å². The molecule has 3 aromatic rings. The molecule has 0 saturated carbocycles. The van der Waals surface area contributed by atoms with Crippen LogP contribution in [0.1, 0.15) is 18.9 Å². The topological polar surface area (TPSA) is 130 Å². The van der Waals surface area contributed by atoms with E-state index in [0.29, 0.717) is 29.2 Å². The number of anilines is 5. The molecule has 4 rings (SSSR count). The van der Waals surface area contributed by atoms with Crippen LogP contribution < -0.4 is 20.7 Å². The molecule has 9 nitrogen and oxygen atoms in total. The normalized spacial score (nSPS) is 13.5. The van der Waals surface area contributed by atoms with Gasteiger partial charge in [-0.3, -0.25) is 4.79 Å². The summed E-state index contributed by atoms with van der Waals surface area (Å²) in [6.45, 7) is 4.23. The van der Waals surface area contributed by atoms with Crippen LogP contribution in [0.15, 0.2) is 52.4 Å². The lowest BCUT2D eigenvalue weighted by atomic mass is 10.2. The van der Waals surface area contributed by atoms with Crippen LogP contribution in [-0.4, -0.2) is 36.6 Å². The highest BCUT2D eigenvalue weighted by Gasteiger charge is 2.24. The van der Waals surface area contributed by atoms with E-state index >= 15 is 0 Å².